The number of alkyl halides is 1. The van der Waals surface area contributed by atoms with E-state index in [0.717, 1.165) is 0 Å². The molecule has 1 rings (SSSR count). The van der Waals surface area contributed by atoms with Crippen LogP contribution in [-0.4, -0.2) is 37.3 Å². The highest BCUT2D eigenvalue weighted by atomic mass is 32.2. The van der Waals surface area contributed by atoms with E-state index in [4.69, 9.17) is 5.11 Å². The summed E-state index contributed by atoms with van der Waals surface area (Å²) in [6, 6.07) is 0. The molecule has 0 aromatic carbocycles. The molecule has 1 saturated heterocycles. The number of hydrogen-bond donors (Lipinski definition) is 1. The number of sulfone groups is 1. The summed E-state index contributed by atoms with van der Waals surface area (Å²) in [6.45, 7) is 0. The van der Waals surface area contributed by atoms with Crippen molar-refractivity contribution >= 4 is 9.84 Å². The SMILES string of the molecule is O=S1(=O)CC[C@@H](F)[C@H](O)C1. The quantitative estimate of drug-likeness (QED) is 0.530. The van der Waals surface area contributed by atoms with Gasteiger partial charge in [0, 0.05) is 0 Å². The van der Waals surface area contributed by atoms with Gasteiger partial charge in [-0.3, -0.25) is 0 Å². The topological polar surface area (TPSA) is 54.4 Å². The highest BCUT2D eigenvalue weighted by Crippen LogP contribution is 2.15. The molecule has 1 fully saturated rings. The predicted molar refractivity (Wildman–Crippen MR) is 34.2 cm³/mol. The second-order valence-corrected chi connectivity index (χ2v) is 4.72. The lowest BCUT2D eigenvalue weighted by Crippen LogP contribution is -2.38. The fourth-order valence-corrected chi connectivity index (χ4v) is 2.41. The summed E-state index contributed by atoms with van der Waals surface area (Å²) in [5.74, 6) is -0.556. The molecule has 0 aromatic rings. The summed E-state index contributed by atoms with van der Waals surface area (Å²) in [5, 5.41) is 8.76. The molecule has 1 N–H and O–H groups in total. The number of rotatable bonds is 0. The Labute approximate surface area is 58.8 Å². The Morgan fingerprint density at radius 1 is 1.50 bits per heavy atom. The van der Waals surface area contributed by atoms with Crippen molar-refractivity contribution in [1.82, 2.24) is 0 Å². The van der Waals surface area contributed by atoms with Gasteiger partial charge in [0.2, 0.25) is 0 Å². The maximum Gasteiger partial charge on any atom is 0.153 e. The maximum atomic E-state index is 12.4. The van der Waals surface area contributed by atoms with Crippen LogP contribution in [-0.2, 0) is 9.84 Å². The smallest absolute Gasteiger partial charge is 0.153 e. The van der Waals surface area contributed by atoms with Gasteiger partial charge in [0.1, 0.15) is 6.17 Å². The molecule has 0 bridgehead atoms. The summed E-state index contributed by atoms with van der Waals surface area (Å²) >= 11 is 0. The van der Waals surface area contributed by atoms with Gasteiger partial charge >= 0.3 is 0 Å². The molecule has 5 heteroatoms. The lowest BCUT2D eigenvalue weighted by Gasteiger charge is -2.20. The number of aliphatic hydroxyl groups excluding tert-OH is 1. The van der Waals surface area contributed by atoms with E-state index >= 15 is 0 Å². The van der Waals surface area contributed by atoms with Crippen molar-refractivity contribution in [2.75, 3.05) is 11.5 Å². The van der Waals surface area contributed by atoms with Gasteiger partial charge in [-0.15, -0.1) is 0 Å². The van der Waals surface area contributed by atoms with Gasteiger partial charge in [-0.25, -0.2) is 12.8 Å². The second-order valence-electron chi connectivity index (χ2n) is 2.49. The van der Waals surface area contributed by atoms with Gasteiger partial charge in [-0.2, -0.15) is 0 Å². The standard InChI is InChI=1S/C5H9FO3S/c6-4-1-2-10(8,9)3-5(4)7/h4-5,7H,1-3H2/t4-,5-/m1/s1. The van der Waals surface area contributed by atoms with Crippen LogP contribution in [0.15, 0.2) is 0 Å². The molecular weight excluding hydrogens is 159 g/mol. The van der Waals surface area contributed by atoms with Gasteiger partial charge in [0.25, 0.3) is 0 Å². The Hall–Kier alpha value is -0.160. The molecule has 0 spiro atoms. The van der Waals surface area contributed by atoms with Crippen LogP contribution in [0.2, 0.25) is 0 Å². The van der Waals surface area contributed by atoms with E-state index in [2.05, 4.69) is 0 Å². The summed E-state index contributed by atoms with van der Waals surface area (Å²) in [5.41, 5.74) is 0. The Bertz CT molecular complexity index is 211. The van der Waals surface area contributed by atoms with Crippen LogP contribution >= 0.6 is 0 Å². The fourth-order valence-electron chi connectivity index (χ4n) is 0.932. The van der Waals surface area contributed by atoms with E-state index in [1.165, 1.54) is 0 Å². The second kappa shape index (κ2) is 2.47. The zero-order chi connectivity index (χ0) is 7.78. The van der Waals surface area contributed by atoms with E-state index in [-0.39, 0.29) is 12.2 Å². The average molecular weight is 168 g/mol. The Morgan fingerprint density at radius 2 is 2.10 bits per heavy atom. The highest BCUT2D eigenvalue weighted by Gasteiger charge is 2.31. The van der Waals surface area contributed by atoms with Crippen LogP contribution in [0, 0.1) is 0 Å². The van der Waals surface area contributed by atoms with Gasteiger partial charge in [-0.05, 0) is 6.42 Å². The van der Waals surface area contributed by atoms with Crippen molar-refractivity contribution in [1.29, 1.82) is 0 Å². The first-order valence-electron chi connectivity index (χ1n) is 3.04. The normalized spacial score (nSPS) is 39.4. The van der Waals surface area contributed by atoms with Crippen molar-refractivity contribution < 1.29 is 17.9 Å². The number of halogens is 1. The first-order valence-corrected chi connectivity index (χ1v) is 4.86. The van der Waals surface area contributed by atoms with Crippen LogP contribution in [0.1, 0.15) is 6.42 Å². The van der Waals surface area contributed by atoms with Crippen molar-refractivity contribution in [2.24, 2.45) is 0 Å². The molecule has 10 heavy (non-hydrogen) atoms. The summed E-state index contributed by atoms with van der Waals surface area (Å²) in [4.78, 5) is 0. The van der Waals surface area contributed by atoms with Crippen LogP contribution < -0.4 is 0 Å². The first kappa shape index (κ1) is 7.94. The highest BCUT2D eigenvalue weighted by molar-refractivity contribution is 7.91. The molecule has 1 heterocycles. The molecular formula is C5H9FO3S. The van der Waals surface area contributed by atoms with E-state index < -0.39 is 27.9 Å². The first-order chi connectivity index (χ1) is 4.51. The number of hydrogen-bond acceptors (Lipinski definition) is 3. The van der Waals surface area contributed by atoms with Crippen molar-refractivity contribution in [2.45, 2.75) is 18.7 Å². The molecule has 2 atom stereocenters. The fraction of sp³-hybridized carbons (Fsp3) is 1.00. The molecule has 0 aliphatic carbocycles. The third-order valence-electron chi connectivity index (χ3n) is 1.55. The minimum absolute atomic E-state index is 0.0660. The molecule has 0 radical (unpaired) electrons. The Balaban J connectivity index is 2.66. The van der Waals surface area contributed by atoms with Gasteiger partial charge < -0.3 is 5.11 Å². The van der Waals surface area contributed by atoms with Crippen LogP contribution in [0.25, 0.3) is 0 Å². The minimum Gasteiger partial charge on any atom is -0.389 e. The summed E-state index contributed by atoms with van der Waals surface area (Å²) in [7, 11) is -3.15. The van der Waals surface area contributed by atoms with E-state index in [0.29, 0.717) is 0 Å². The monoisotopic (exact) mass is 168 g/mol. The van der Waals surface area contributed by atoms with Crippen LogP contribution in [0.4, 0.5) is 4.39 Å². The lowest BCUT2D eigenvalue weighted by molar-refractivity contribution is 0.0885. The number of aliphatic hydroxyl groups is 1. The molecule has 0 unspecified atom stereocenters. The molecule has 1 aliphatic heterocycles. The minimum atomic E-state index is -3.15. The van der Waals surface area contributed by atoms with Gasteiger partial charge in [0.15, 0.2) is 9.84 Å². The molecule has 1 aliphatic rings. The van der Waals surface area contributed by atoms with E-state index in [1.54, 1.807) is 0 Å². The van der Waals surface area contributed by atoms with Crippen molar-refractivity contribution in [3.8, 4) is 0 Å². The maximum absolute atomic E-state index is 12.4. The molecule has 0 aromatic heterocycles. The summed E-state index contributed by atoms with van der Waals surface area (Å²) < 4.78 is 33.8. The predicted octanol–water partition coefficient (Wildman–Crippen LogP) is -0.496. The molecule has 0 saturated carbocycles. The van der Waals surface area contributed by atoms with Gasteiger partial charge in [0.05, 0.1) is 17.6 Å². The van der Waals surface area contributed by atoms with E-state index in [1.807, 2.05) is 0 Å². The average Bonchev–Trinajstić information content (AvgIpc) is 1.79. The zero-order valence-electron chi connectivity index (χ0n) is 5.33. The Kier molecular flexibility index (Phi) is 1.96. The third kappa shape index (κ3) is 1.67. The van der Waals surface area contributed by atoms with Crippen LogP contribution in [0.5, 0.6) is 0 Å². The lowest BCUT2D eigenvalue weighted by atomic mass is 10.2. The Morgan fingerprint density at radius 3 is 2.50 bits per heavy atom. The largest absolute Gasteiger partial charge is 0.389 e. The van der Waals surface area contributed by atoms with Gasteiger partial charge in [-0.1, -0.05) is 0 Å². The molecule has 3 nitrogen and oxygen atoms in total. The summed E-state index contributed by atoms with van der Waals surface area (Å²) in [6.07, 6.45) is -2.73. The third-order valence-corrected chi connectivity index (χ3v) is 3.25. The van der Waals surface area contributed by atoms with Crippen molar-refractivity contribution in [3.05, 3.63) is 0 Å². The van der Waals surface area contributed by atoms with E-state index in [9.17, 15) is 12.8 Å². The molecule has 60 valence electrons. The molecule has 0 amide bonds. The van der Waals surface area contributed by atoms with Crippen molar-refractivity contribution in [3.63, 3.8) is 0 Å². The van der Waals surface area contributed by atoms with Crippen LogP contribution in [0.3, 0.4) is 0 Å². The zero-order valence-corrected chi connectivity index (χ0v) is 6.14.